The Morgan fingerprint density at radius 3 is 2.50 bits per heavy atom. The molecule has 1 saturated carbocycles. The molecular formula is C15H23N3O3S. The Kier molecular flexibility index (Phi) is 5.42. The summed E-state index contributed by atoms with van der Waals surface area (Å²) in [7, 11) is -0.689. The van der Waals surface area contributed by atoms with Gasteiger partial charge in [-0.1, -0.05) is 12.8 Å². The normalized spacial score (nSPS) is 15.7. The third kappa shape index (κ3) is 3.78. The van der Waals surface area contributed by atoms with E-state index in [-0.39, 0.29) is 10.8 Å². The fourth-order valence-electron chi connectivity index (χ4n) is 2.75. The van der Waals surface area contributed by atoms with Crippen molar-refractivity contribution < 1.29 is 13.2 Å². The number of sulfonamides is 1. The minimum Gasteiger partial charge on any atom is -0.384 e. The summed E-state index contributed by atoms with van der Waals surface area (Å²) in [5.41, 5.74) is 1.01. The highest BCUT2D eigenvalue weighted by molar-refractivity contribution is 7.89. The number of benzene rings is 1. The van der Waals surface area contributed by atoms with Crippen LogP contribution in [0.15, 0.2) is 23.1 Å². The standard InChI is InChI=1S/C15H23N3O3S/c1-16-15(19)13-9-12(22(20,21)17-2)7-8-14(13)18-10-11-5-3-4-6-11/h7-9,11,17-18H,3-6,10H2,1-2H3,(H,16,19). The van der Waals surface area contributed by atoms with E-state index in [0.717, 1.165) is 6.54 Å². The lowest BCUT2D eigenvalue weighted by atomic mass is 10.1. The van der Waals surface area contributed by atoms with Crippen LogP contribution in [0.4, 0.5) is 5.69 Å². The maximum atomic E-state index is 12.0. The molecule has 0 saturated heterocycles. The number of nitrogens with one attached hydrogen (secondary N) is 3. The predicted molar refractivity (Wildman–Crippen MR) is 86.5 cm³/mol. The van der Waals surface area contributed by atoms with E-state index in [0.29, 0.717) is 17.2 Å². The highest BCUT2D eigenvalue weighted by atomic mass is 32.2. The molecular weight excluding hydrogens is 302 g/mol. The van der Waals surface area contributed by atoms with Crippen LogP contribution in [-0.4, -0.2) is 35.0 Å². The molecule has 122 valence electrons. The molecule has 0 heterocycles. The van der Waals surface area contributed by atoms with Gasteiger partial charge in [0.1, 0.15) is 0 Å². The number of anilines is 1. The monoisotopic (exact) mass is 325 g/mol. The molecule has 0 radical (unpaired) electrons. The predicted octanol–water partition coefficient (Wildman–Crippen LogP) is 1.56. The topological polar surface area (TPSA) is 87.3 Å². The summed E-state index contributed by atoms with van der Waals surface area (Å²) in [5.74, 6) is 0.320. The first-order valence-corrected chi connectivity index (χ1v) is 9.00. The molecule has 0 aromatic heterocycles. The van der Waals surface area contributed by atoms with E-state index in [1.807, 2.05) is 0 Å². The van der Waals surface area contributed by atoms with E-state index in [9.17, 15) is 13.2 Å². The van der Waals surface area contributed by atoms with Crippen LogP contribution in [0, 0.1) is 5.92 Å². The van der Waals surface area contributed by atoms with Gasteiger partial charge in [-0.3, -0.25) is 4.79 Å². The second kappa shape index (κ2) is 7.11. The van der Waals surface area contributed by atoms with Crippen molar-refractivity contribution in [2.24, 2.45) is 5.92 Å². The van der Waals surface area contributed by atoms with Crippen molar-refractivity contribution in [3.05, 3.63) is 23.8 Å². The molecule has 1 aromatic carbocycles. The van der Waals surface area contributed by atoms with E-state index in [2.05, 4.69) is 15.4 Å². The van der Waals surface area contributed by atoms with Gasteiger partial charge in [-0.15, -0.1) is 0 Å². The van der Waals surface area contributed by atoms with Crippen LogP contribution in [0.2, 0.25) is 0 Å². The summed E-state index contributed by atoms with van der Waals surface area (Å²) in [6.45, 7) is 0.808. The Morgan fingerprint density at radius 2 is 1.91 bits per heavy atom. The Balaban J connectivity index is 2.26. The van der Waals surface area contributed by atoms with Crippen LogP contribution < -0.4 is 15.4 Å². The smallest absolute Gasteiger partial charge is 0.253 e. The molecule has 2 rings (SSSR count). The molecule has 0 unspecified atom stereocenters. The third-order valence-corrected chi connectivity index (χ3v) is 5.51. The molecule has 1 aromatic rings. The number of amides is 1. The second-order valence-corrected chi connectivity index (χ2v) is 7.41. The molecule has 6 nitrogen and oxygen atoms in total. The van der Waals surface area contributed by atoms with E-state index in [1.54, 1.807) is 6.07 Å². The maximum Gasteiger partial charge on any atom is 0.253 e. The van der Waals surface area contributed by atoms with Crippen molar-refractivity contribution in [1.29, 1.82) is 0 Å². The zero-order chi connectivity index (χ0) is 16.2. The zero-order valence-corrected chi connectivity index (χ0v) is 13.8. The average molecular weight is 325 g/mol. The maximum absolute atomic E-state index is 12.0. The first-order chi connectivity index (χ1) is 10.5. The van der Waals surface area contributed by atoms with E-state index >= 15 is 0 Å². The van der Waals surface area contributed by atoms with E-state index in [4.69, 9.17) is 0 Å². The summed E-state index contributed by atoms with van der Waals surface area (Å²) in [4.78, 5) is 12.1. The fourth-order valence-corrected chi connectivity index (χ4v) is 3.51. The average Bonchev–Trinajstić information content (AvgIpc) is 3.05. The van der Waals surface area contributed by atoms with Crippen molar-refractivity contribution in [3.8, 4) is 0 Å². The van der Waals surface area contributed by atoms with Gasteiger partial charge in [-0.05, 0) is 44.0 Å². The number of carbonyl (C=O) groups is 1. The Bertz CT molecular complexity index is 637. The summed E-state index contributed by atoms with van der Waals surface area (Å²) in [6, 6.07) is 4.57. The van der Waals surface area contributed by atoms with Gasteiger partial charge in [-0.2, -0.15) is 0 Å². The molecule has 1 amide bonds. The lowest BCUT2D eigenvalue weighted by Crippen LogP contribution is -2.23. The van der Waals surface area contributed by atoms with Gasteiger partial charge in [0.05, 0.1) is 10.5 Å². The van der Waals surface area contributed by atoms with Gasteiger partial charge in [0.15, 0.2) is 0 Å². The highest BCUT2D eigenvalue weighted by Crippen LogP contribution is 2.26. The number of hydrogen-bond donors (Lipinski definition) is 3. The minimum atomic E-state index is -3.57. The van der Waals surface area contributed by atoms with Gasteiger partial charge >= 0.3 is 0 Å². The second-order valence-electron chi connectivity index (χ2n) is 5.53. The van der Waals surface area contributed by atoms with Crippen molar-refractivity contribution in [2.45, 2.75) is 30.6 Å². The molecule has 0 atom stereocenters. The minimum absolute atomic E-state index is 0.0833. The van der Waals surface area contributed by atoms with Gasteiger partial charge < -0.3 is 10.6 Å². The van der Waals surface area contributed by atoms with Crippen LogP contribution >= 0.6 is 0 Å². The molecule has 7 heteroatoms. The summed E-state index contributed by atoms with van der Waals surface area (Å²) < 4.78 is 26.0. The largest absolute Gasteiger partial charge is 0.384 e. The first kappa shape index (κ1) is 16.8. The quantitative estimate of drug-likeness (QED) is 0.741. The molecule has 22 heavy (non-hydrogen) atoms. The number of rotatable bonds is 6. The van der Waals surface area contributed by atoms with Crippen molar-refractivity contribution in [2.75, 3.05) is 26.0 Å². The van der Waals surface area contributed by atoms with Crippen LogP contribution in [0.5, 0.6) is 0 Å². The highest BCUT2D eigenvalue weighted by Gasteiger charge is 2.19. The van der Waals surface area contributed by atoms with E-state index < -0.39 is 10.0 Å². The summed E-state index contributed by atoms with van der Waals surface area (Å²) in [5, 5.41) is 5.84. The Hall–Kier alpha value is -1.60. The van der Waals surface area contributed by atoms with E-state index in [1.165, 1.54) is 51.9 Å². The molecule has 0 aliphatic heterocycles. The molecule has 1 aliphatic carbocycles. The molecule has 1 aliphatic rings. The molecule has 0 spiro atoms. The van der Waals surface area contributed by atoms with Crippen molar-refractivity contribution in [1.82, 2.24) is 10.0 Å². The van der Waals surface area contributed by atoms with Crippen LogP contribution in [0.25, 0.3) is 0 Å². The number of carbonyl (C=O) groups excluding carboxylic acids is 1. The van der Waals surface area contributed by atoms with Crippen LogP contribution in [0.1, 0.15) is 36.0 Å². The van der Waals surface area contributed by atoms with Crippen molar-refractivity contribution >= 4 is 21.6 Å². The Labute approximate surface area is 131 Å². The lowest BCUT2D eigenvalue weighted by Gasteiger charge is -2.16. The molecule has 3 N–H and O–H groups in total. The molecule has 0 bridgehead atoms. The van der Waals surface area contributed by atoms with Gasteiger partial charge in [-0.25, -0.2) is 13.1 Å². The van der Waals surface area contributed by atoms with Crippen LogP contribution in [0.3, 0.4) is 0 Å². The summed E-state index contributed by atoms with van der Waals surface area (Å²) >= 11 is 0. The molecule has 1 fully saturated rings. The lowest BCUT2D eigenvalue weighted by molar-refractivity contribution is 0.0963. The summed E-state index contributed by atoms with van der Waals surface area (Å²) in [6.07, 6.45) is 4.92. The number of hydrogen-bond acceptors (Lipinski definition) is 4. The van der Waals surface area contributed by atoms with Gasteiger partial charge in [0.2, 0.25) is 10.0 Å². The third-order valence-electron chi connectivity index (χ3n) is 4.10. The first-order valence-electron chi connectivity index (χ1n) is 7.51. The van der Waals surface area contributed by atoms with Crippen molar-refractivity contribution in [3.63, 3.8) is 0 Å². The fraction of sp³-hybridized carbons (Fsp3) is 0.533. The SMILES string of the molecule is CNC(=O)c1cc(S(=O)(=O)NC)ccc1NCC1CCCC1. The zero-order valence-electron chi connectivity index (χ0n) is 13.0. The Morgan fingerprint density at radius 1 is 1.23 bits per heavy atom. The van der Waals surface area contributed by atoms with Crippen LogP contribution in [-0.2, 0) is 10.0 Å². The van der Waals surface area contributed by atoms with Gasteiger partial charge in [0, 0.05) is 19.3 Å². The van der Waals surface area contributed by atoms with Gasteiger partial charge in [0.25, 0.3) is 5.91 Å².